The number of hydrogen-bond donors (Lipinski definition) is 1. The van der Waals surface area contributed by atoms with Gasteiger partial charge in [-0.2, -0.15) is 0 Å². The zero-order chi connectivity index (χ0) is 19.3. The number of nitrogens with two attached hydrogens (primary N) is 1. The number of imidazole rings is 1. The van der Waals surface area contributed by atoms with Crippen molar-refractivity contribution in [2.45, 2.75) is 18.6 Å². The summed E-state index contributed by atoms with van der Waals surface area (Å²) in [6.45, 7) is 0.993. The summed E-state index contributed by atoms with van der Waals surface area (Å²) >= 11 is 0. The molecule has 1 fully saturated rings. The molecule has 144 valence electrons. The predicted octanol–water partition coefficient (Wildman–Crippen LogP) is 0.574. The minimum absolute atomic E-state index is 0.0103. The van der Waals surface area contributed by atoms with E-state index in [1.807, 2.05) is 0 Å². The van der Waals surface area contributed by atoms with Crippen LogP contribution < -0.4 is 10.5 Å². The van der Waals surface area contributed by atoms with Crippen LogP contribution in [0, 0.1) is 5.82 Å². The molecule has 2 N–H and O–H groups in total. The number of ether oxygens (including phenoxy) is 2. The van der Waals surface area contributed by atoms with E-state index in [1.165, 1.54) is 24.3 Å². The Bertz CT molecular complexity index is 781. The average molecular weight is 376 g/mol. The van der Waals surface area contributed by atoms with Crippen LogP contribution in [-0.4, -0.2) is 58.2 Å². The van der Waals surface area contributed by atoms with Crippen LogP contribution in [0.4, 0.5) is 4.39 Å². The highest BCUT2D eigenvalue weighted by Crippen LogP contribution is 2.24. The molecule has 1 aromatic heterocycles. The molecular weight excluding hydrogens is 355 g/mol. The molecule has 2 heterocycles. The summed E-state index contributed by atoms with van der Waals surface area (Å²) in [5.41, 5.74) is 4.34. The summed E-state index contributed by atoms with van der Waals surface area (Å²) in [7, 11) is 0. The Morgan fingerprint density at radius 3 is 2.78 bits per heavy atom. The topological polar surface area (TPSA) is 99.7 Å². The summed E-state index contributed by atoms with van der Waals surface area (Å²) in [6, 6.07) is 5.52. The number of nitrogens with zero attached hydrogens (tertiary/aromatic N) is 3. The van der Waals surface area contributed by atoms with Gasteiger partial charge in [-0.25, -0.2) is 9.37 Å². The van der Waals surface area contributed by atoms with Gasteiger partial charge in [-0.3, -0.25) is 9.59 Å². The van der Waals surface area contributed by atoms with Crippen LogP contribution in [0.1, 0.15) is 6.42 Å². The lowest BCUT2D eigenvalue weighted by atomic mass is 9.97. The van der Waals surface area contributed by atoms with Crippen molar-refractivity contribution in [1.29, 1.82) is 0 Å². The number of carbonyl (C=O) groups is 2. The van der Waals surface area contributed by atoms with E-state index in [0.717, 1.165) is 0 Å². The van der Waals surface area contributed by atoms with Crippen molar-refractivity contribution < 1.29 is 23.5 Å². The van der Waals surface area contributed by atoms with Crippen LogP contribution in [-0.2, 0) is 20.9 Å². The van der Waals surface area contributed by atoms with Gasteiger partial charge in [-0.15, -0.1) is 0 Å². The van der Waals surface area contributed by atoms with Gasteiger partial charge >= 0.3 is 0 Å². The highest BCUT2D eigenvalue weighted by atomic mass is 19.1. The van der Waals surface area contributed by atoms with Crippen LogP contribution >= 0.6 is 0 Å². The molecule has 0 unspecified atom stereocenters. The number of amides is 2. The number of morpholine rings is 1. The van der Waals surface area contributed by atoms with Crippen LogP contribution in [0.15, 0.2) is 43.0 Å². The van der Waals surface area contributed by atoms with Gasteiger partial charge in [0.1, 0.15) is 30.3 Å². The summed E-state index contributed by atoms with van der Waals surface area (Å²) in [6.07, 6.45) is 4.77. The Balaban J connectivity index is 1.69. The van der Waals surface area contributed by atoms with Crippen molar-refractivity contribution in [3.8, 4) is 5.75 Å². The van der Waals surface area contributed by atoms with Crippen molar-refractivity contribution in [3.05, 3.63) is 48.8 Å². The second-order valence-corrected chi connectivity index (χ2v) is 6.47. The molecule has 0 spiro atoms. The van der Waals surface area contributed by atoms with Crippen LogP contribution in [0.25, 0.3) is 0 Å². The normalized spacial score (nSPS) is 19.7. The third-order valence-electron chi connectivity index (χ3n) is 4.29. The van der Waals surface area contributed by atoms with E-state index < -0.39 is 11.5 Å². The van der Waals surface area contributed by atoms with Crippen molar-refractivity contribution in [2.75, 3.05) is 26.3 Å². The number of carbonyl (C=O) groups excluding carboxylic acids is 2. The smallest absolute Gasteiger partial charge is 0.242 e. The first kappa shape index (κ1) is 18.8. The van der Waals surface area contributed by atoms with E-state index in [0.29, 0.717) is 12.3 Å². The summed E-state index contributed by atoms with van der Waals surface area (Å²) in [5, 5.41) is 0. The largest absolute Gasteiger partial charge is 0.490 e. The lowest BCUT2D eigenvalue weighted by Crippen LogP contribution is -2.58. The maximum absolute atomic E-state index is 13.0. The molecule has 3 rings (SSSR count). The van der Waals surface area contributed by atoms with Gasteiger partial charge in [0.2, 0.25) is 11.8 Å². The zero-order valence-electron chi connectivity index (χ0n) is 14.7. The SMILES string of the molecule is NC(=O)C[C@]1(COc2ccc(F)cc2)CN(C(=O)Cn2ccnc2)CCO1. The fraction of sp³-hybridized carbons (Fsp3) is 0.389. The van der Waals surface area contributed by atoms with E-state index in [9.17, 15) is 14.0 Å². The molecule has 1 aliphatic heterocycles. The first-order valence-electron chi connectivity index (χ1n) is 8.50. The molecule has 2 amide bonds. The van der Waals surface area contributed by atoms with Crippen LogP contribution in [0.3, 0.4) is 0 Å². The average Bonchev–Trinajstić information content (AvgIpc) is 3.14. The van der Waals surface area contributed by atoms with Gasteiger partial charge < -0.3 is 24.7 Å². The molecule has 2 aromatic rings. The third kappa shape index (κ3) is 5.04. The van der Waals surface area contributed by atoms with Crippen molar-refractivity contribution in [2.24, 2.45) is 5.73 Å². The van der Waals surface area contributed by atoms with Gasteiger partial charge in [-0.05, 0) is 24.3 Å². The Morgan fingerprint density at radius 1 is 1.33 bits per heavy atom. The van der Waals surface area contributed by atoms with E-state index in [-0.39, 0.29) is 44.4 Å². The third-order valence-corrected chi connectivity index (χ3v) is 4.29. The second-order valence-electron chi connectivity index (χ2n) is 6.47. The quantitative estimate of drug-likeness (QED) is 0.762. The van der Waals surface area contributed by atoms with E-state index in [2.05, 4.69) is 4.98 Å². The highest BCUT2D eigenvalue weighted by molar-refractivity contribution is 5.77. The molecule has 27 heavy (non-hydrogen) atoms. The minimum Gasteiger partial charge on any atom is -0.490 e. The van der Waals surface area contributed by atoms with Gasteiger partial charge in [0.15, 0.2) is 0 Å². The maximum atomic E-state index is 13.0. The van der Waals surface area contributed by atoms with Crippen molar-refractivity contribution >= 4 is 11.8 Å². The zero-order valence-corrected chi connectivity index (χ0v) is 14.7. The summed E-state index contributed by atoms with van der Waals surface area (Å²) in [4.78, 5) is 29.7. The molecule has 8 nitrogen and oxygen atoms in total. The van der Waals surface area contributed by atoms with E-state index >= 15 is 0 Å². The number of halogens is 1. The fourth-order valence-electron chi connectivity index (χ4n) is 3.00. The van der Waals surface area contributed by atoms with Gasteiger partial charge in [0.25, 0.3) is 0 Å². The molecule has 0 aliphatic carbocycles. The lowest BCUT2D eigenvalue weighted by Gasteiger charge is -2.42. The first-order valence-corrected chi connectivity index (χ1v) is 8.50. The van der Waals surface area contributed by atoms with E-state index in [1.54, 1.807) is 28.2 Å². The maximum Gasteiger partial charge on any atom is 0.242 e. The van der Waals surface area contributed by atoms with E-state index in [4.69, 9.17) is 15.2 Å². The number of primary amides is 1. The molecule has 0 bridgehead atoms. The second kappa shape index (κ2) is 8.17. The van der Waals surface area contributed by atoms with Gasteiger partial charge in [0.05, 0.1) is 25.9 Å². The number of rotatable bonds is 7. The molecule has 1 saturated heterocycles. The van der Waals surface area contributed by atoms with Crippen molar-refractivity contribution in [3.63, 3.8) is 0 Å². The summed E-state index contributed by atoms with van der Waals surface area (Å²) < 4.78 is 26.2. The van der Waals surface area contributed by atoms with Gasteiger partial charge in [0, 0.05) is 18.9 Å². The lowest BCUT2D eigenvalue weighted by molar-refractivity contribution is -0.162. The molecule has 1 aliphatic rings. The Morgan fingerprint density at radius 2 is 2.11 bits per heavy atom. The van der Waals surface area contributed by atoms with Crippen LogP contribution in [0.5, 0.6) is 5.75 Å². The van der Waals surface area contributed by atoms with Crippen molar-refractivity contribution in [1.82, 2.24) is 14.5 Å². The molecular formula is C18H21FN4O4. The standard InChI is InChI=1S/C18H21FN4O4/c19-14-1-3-15(4-2-14)26-12-18(9-16(20)24)11-23(7-8-27-18)17(25)10-22-6-5-21-13-22/h1-6,13H,7-12H2,(H2,20,24)/t18-/m1/s1. The predicted molar refractivity (Wildman–Crippen MR) is 93.2 cm³/mol. The molecule has 0 saturated carbocycles. The van der Waals surface area contributed by atoms with Crippen LogP contribution in [0.2, 0.25) is 0 Å². The molecule has 9 heteroatoms. The van der Waals surface area contributed by atoms with Gasteiger partial charge in [-0.1, -0.05) is 0 Å². The number of aromatic nitrogens is 2. The molecule has 1 aromatic carbocycles. The Kier molecular flexibility index (Phi) is 5.70. The minimum atomic E-state index is -1.05. The summed E-state index contributed by atoms with van der Waals surface area (Å²) in [5.74, 6) is -0.612. The monoisotopic (exact) mass is 376 g/mol. The number of hydrogen-bond acceptors (Lipinski definition) is 5. The first-order chi connectivity index (χ1) is 13.0. The Labute approximate surface area is 155 Å². The Hall–Kier alpha value is -2.94. The molecule has 1 atom stereocenters. The number of benzene rings is 1. The molecule has 0 radical (unpaired) electrons. The highest BCUT2D eigenvalue weighted by Gasteiger charge is 2.40. The fourth-order valence-corrected chi connectivity index (χ4v) is 3.00.